The fourth-order valence-electron chi connectivity index (χ4n) is 4.26. The van der Waals surface area contributed by atoms with Gasteiger partial charge in [-0.3, -0.25) is 9.69 Å². The van der Waals surface area contributed by atoms with E-state index in [4.69, 9.17) is 9.15 Å². The van der Waals surface area contributed by atoms with Crippen molar-refractivity contribution in [2.45, 2.75) is 56.8 Å². The summed E-state index contributed by atoms with van der Waals surface area (Å²) in [4.78, 5) is 17.0. The molecular weight excluding hydrogens is 292 g/mol. The lowest BCUT2D eigenvalue weighted by atomic mass is 9.88. The van der Waals surface area contributed by atoms with Gasteiger partial charge in [-0.25, -0.2) is 0 Å². The zero-order chi connectivity index (χ0) is 15.7. The van der Waals surface area contributed by atoms with E-state index in [9.17, 15) is 4.79 Å². The van der Waals surface area contributed by atoms with E-state index in [-0.39, 0.29) is 17.6 Å². The molecule has 0 saturated carbocycles. The maximum atomic E-state index is 12.5. The molecule has 3 aliphatic heterocycles. The van der Waals surface area contributed by atoms with Crippen molar-refractivity contribution in [3.05, 3.63) is 24.2 Å². The Morgan fingerprint density at radius 2 is 1.96 bits per heavy atom. The predicted molar refractivity (Wildman–Crippen MR) is 85.9 cm³/mol. The van der Waals surface area contributed by atoms with Crippen LogP contribution in [0.2, 0.25) is 0 Å². The molecule has 5 heteroatoms. The van der Waals surface area contributed by atoms with E-state index in [1.807, 2.05) is 17.2 Å². The third-order valence-corrected chi connectivity index (χ3v) is 5.70. The van der Waals surface area contributed by atoms with Crippen LogP contribution < -0.4 is 0 Å². The second-order valence-electron chi connectivity index (χ2n) is 7.27. The third-order valence-electron chi connectivity index (χ3n) is 5.70. The Kier molecular flexibility index (Phi) is 4.16. The summed E-state index contributed by atoms with van der Waals surface area (Å²) in [6.45, 7) is 4.86. The van der Waals surface area contributed by atoms with Crippen molar-refractivity contribution in [2.75, 3.05) is 26.2 Å². The van der Waals surface area contributed by atoms with Gasteiger partial charge >= 0.3 is 0 Å². The lowest BCUT2D eigenvalue weighted by Crippen LogP contribution is -2.45. The van der Waals surface area contributed by atoms with E-state index in [0.29, 0.717) is 0 Å². The molecule has 3 aliphatic rings. The first kappa shape index (κ1) is 15.2. The molecule has 4 heterocycles. The number of carbonyl (C=O) groups is 1. The highest BCUT2D eigenvalue weighted by molar-refractivity contribution is 5.81. The number of likely N-dealkylation sites (tertiary alicyclic amines) is 2. The molecule has 0 aromatic carbocycles. The Hall–Kier alpha value is -1.33. The molecule has 1 amide bonds. The van der Waals surface area contributed by atoms with Crippen LogP contribution >= 0.6 is 0 Å². The molecule has 4 rings (SSSR count). The molecule has 1 aromatic rings. The molecule has 0 radical (unpaired) electrons. The van der Waals surface area contributed by atoms with Crippen molar-refractivity contribution in [1.29, 1.82) is 0 Å². The van der Waals surface area contributed by atoms with Crippen LogP contribution in [0.3, 0.4) is 0 Å². The van der Waals surface area contributed by atoms with E-state index >= 15 is 0 Å². The topological polar surface area (TPSA) is 45.9 Å². The first-order valence-electron chi connectivity index (χ1n) is 8.94. The molecule has 1 aromatic heterocycles. The van der Waals surface area contributed by atoms with Gasteiger partial charge in [0.2, 0.25) is 0 Å². The number of ether oxygens (including phenoxy) is 1. The van der Waals surface area contributed by atoms with Gasteiger partial charge in [0.05, 0.1) is 18.1 Å². The van der Waals surface area contributed by atoms with Crippen LogP contribution in [0.5, 0.6) is 0 Å². The maximum Gasteiger partial charge on any atom is 0.251 e. The number of rotatable bonds is 3. The van der Waals surface area contributed by atoms with E-state index < -0.39 is 0 Å². The summed E-state index contributed by atoms with van der Waals surface area (Å²) in [6.07, 6.45) is 9.67. The second-order valence-corrected chi connectivity index (χ2v) is 7.27. The average molecular weight is 318 g/mol. The number of hydrogen-bond donors (Lipinski definition) is 0. The number of nitrogens with zero attached hydrogens (tertiary/aromatic N) is 2. The fraction of sp³-hybridized carbons (Fsp3) is 0.722. The summed E-state index contributed by atoms with van der Waals surface area (Å²) in [5, 5.41) is 0. The van der Waals surface area contributed by atoms with E-state index in [1.165, 1.54) is 5.56 Å². The van der Waals surface area contributed by atoms with Gasteiger partial charge in [-0.05, 0) is 44.6 Å². The summed E-state index contributed by atoms with van der Waals surface area (Å²) in [5.74, 6) is 0.236. The number of furan rings is 1. The second kappa shape index (κ2) is 6.29. The summed E-state index contributed by atoms with van der Waals surface area (Å²) in [6, 6.07) is 2.03. The van der Waals surface area contributed by atoms with E-state index in [2.05, 4.69) is 4.90 Å². The van der Waals surface area contributed by atoms with Crippen LogP contribution in [-0.2, 0) is 16.1 Å². The summed E-state index contributed by atoms with van der Waals surface area (Å²) >= 11 is 0. The first-order chi connectivity index (χ1) is 11.2. The highest BCUT2D eigenvalue weighted by Gasteiger charge is 2.45. The highest BCUT2D eigenvalue weighted by Crippen LogP contribution is 2.39. The fourth-order valence-corrected chi connectivity index (χ4v) is 4.26. The number of piperidine rings is 1. The SMILES string of the molecule is O=C([C@H]1CCC2(CCN(Cc3ccoc3)CC2)O1)N1CCCC1. The highest BCUT2D eigenvalue weighted by atomic mass is 16.5. The summed E-state index contributed by atoms with van der Waals surface area (Å²) in [5.41, 5.74) is 1.18. The minimum absolute atomic E-state index is 0.0487. The molecule has 0 bridgehead atoms. The number of hydrogen-bond acceptors (Lipinski definition) is 4. The molecule has 0 N–H and O–H groups in total. The summed E-state index contributed by atoms with van der Waals surface area (Å²) < 4.78 is 11.5. The van der Waals surface area contributed by atoms with Crippen molar-refractivity contribution < 1.29 is 13.9 Å². The van der Waals surface area contributed by atoms with Crippen molar-refractivity contribution in [1.82, 2.24) is 9.80 Å². The molecule has 1 atom stereocenters. The Labute approximate surface area is 137 Å². The Morgan fingerprint density at radius 1 is 1.17 bits per heavy atom. The largest absolute Gasteiger partial charge is 0.472 e. The summed E-state index contributed by atoms with van der Waals surface area (Å²) in [7, 11) is 0. The van der Waals surface area contributed by atoms with Crippen LogP contribution in [0, 0.1) is 0 Å². The molecule has 3 fully saturated rings. The molecule has 0 aliphatic carbocycles. The van der Waals surface area contributed by atoms with Gasteiger partial charge in [-0.1, -0.05) is 0 Å². The van der Waals surface area contributed by atoms with Gasteiger partial charge < -0.3 is 14.1 Å². The van der Waals surface area contributed by atoms with Crippen LogP contribution in [-0.4, -0.2) is 53.6 Å². The lowest BCUT2D eigenvalue weighted by molar-refractivity contribution is -0.150. The Bertz CT molecular complexity index is 528. The van der Waals surface area contributed by atoms with Gasteiger partial charge in [0.1, 0.15) is 6.10 Å². The van der Waals surface area contributed by atoms with Crippen molar-refractivity contribution in [3.63, 3.8) is 0 Å². The molecule has 1 spiro atoms. The van der Waals surface area contributed by atoms with Crippen molar-refractivity contribution in [2.24, 2.45) is 0 Å². The molecular formula is C18H26N2O3. The predicted octanol–water partition coefficient (Wildman–Crippen LogP) is 2.42. The first-order valence-corrected chi connectivity index (χ1v) is 8.94. The van der Waals surface area contributed by atoms with Crippen LogP contribution in [0.15, 0.2) is 23.0 Å². The number of carbonyl (C=O) groups excluding carboxylic acids is 1. The normalized spacial score (nSPS) is 27.8. The Balaban J connectivity index is 1.30. The van der Waals surface area contributed by atoms with E-state index in [0.717, 1.165) is 71.2 Å². The van der Waals surface area contributed by atoms with Crippen molar-refractivity contribution in [3.8, 4) is 0 Å². The molecule has 0 unspecified atom stereocenters. The van der Waals surface area contributed by atoms with Gasteiger partial charge in [0.15, 0.2) is 0 Å². The minimum atomic E-state index is -0.187. The minimum Gasteiger partial charge on any atom is -0.472 e. The smallest absolute Gasteiger partial charge is 0.251 e. The molecule has 126 valence electrons. The zero-order valence-corrected chi connectivity index (χ0v) is 13.7. The molecule has 5 nitrogen and oxygen atoms in total. The van der Waals surface area contributed by atoms with Gasteiger partial charge in [-0.15, -0.1) is 0 Å². The monoisotopic (exact) mass is 318 g/mol. The Morgan fingerprint density at radius 3 is 2.65 bits per heavy atom. The average Bonchev–Trinajstić information content (AvgIpc) is 3.31. The van der Waals surface area contributed by atoms with Gasteiger partial charge in [0, 0.05) is 38.3 Å². The third kappa shape index (κ3) is 3.17. The van der Waals surface area contributed by atoms with Crippen molar-refractivity contribution >= 4 is 5.91 Å². The van der Waals surface area contributed by atoms with E-state index in [1.54, 1.807) is 6.26 Å². The zero-order valence-electron chi connectivity index (χ0n) is 13.7. The van der Waals surface area contributed by atoms with Crippen LogP contribution in [0.25, 0.3) is 0 Å². The van der Waals surface area contributed by atoms with Gasteiger partial charge in [-0.2, -0.15) is 0 Å². The van der Waals surface area contributed by atoms with Crippen LogP contribution in [0.1, 0.15) is 44.1 Å². The van der Waals surface area contributed by atoms with Gasteiger partial charge in [0.25, 0.3) is 5.91 Å². The number of amides is 1. The molecule has 23 heavy (non-hydrogen) atoms. The standard InChI is InChI=1S/C18H26N2O3/c21-17(20-8-1-2-9-20)16-3-5-18(23-16)6-10-19(11-7-18)13-15-4-12-22-14-15/h4,12,14,16H,1-3,5-11,13H2/t16-/m1/s1. The maximum absolute atomic E-state index is 12.5. The van der Waals surface area contributed by atoms with Crippen LogP contribution in [0.4, 0.5) is 0 Å². The lowest BCUT2D eigenvalue weighted by Gasteiger charge is -2.39. The molecule has 3 saturated heterocycles. The quantitative estimate of drug-likeness (QED) is 0.858.